The maximum Gasteiger partial charge on any atom is 0.313 e. The maximum absolute atomic E-state index is 12.1. The van der Waals surface area contributed by atoms with E-state index in [1.54, 1.807) is 12.3 Å². The Morgan fingerprint density at radius 2 is 1.81 bits per heavy atom. The molecule has 2 N–H and O–H groups in total. The Labute approximate surface area is 161 Å². The van der Waals surface area contributed by atoms with E-state index in [1.165, 1.54) is 0 Å². The number of aromatic nitrogens is 1. The number of rotatable bonds is 7. The van der Waals surface area contributed by atoms with E-state index in [1.807, 2.05) is 30.3 Å². The zero-order valence-corrected chi connectivity index (χ0v) is 16.5. The van der Waals surface area contributed by atoms with E-state index in [2.05, 4.69) is 48.2 Å². The van der Waals surface area contributed by atoms with E-state index < -0.39 is 11.8 Å². The van der Waals surface area contributed by atoms with Crippen molar-refractivity contribution in [2.45, 2.75) is 40.2 Å². The summed E-state index contributed by atoms with van der Waals surface area (Å²) in [6.07, 6.45) is 1.72. The maximum atomic E-state index is 12.1. The predicted molar refractivity (Wildman–Crippen MR) is 109 cm³/mol. The molecule has 0 saturated heterocycles. The van der Waals surface area contributed by atoms with E-state index in [-0.39, 0.29) is 6.54 Å². The molecular formula is C21H28N4O2. The van der Waals surface area contributed by atoms with Gasteiger partial charge in [0.1, 0.15) is 5.82 Å². The van der Waals surface area contributed by atoms with Crippen molar-refractivity contribution in [2.75, 3.05) is 23.3 Å². The van der Waals surface area contributed by atoms with Gasteiger partial charge in [-0.2, -0.15) is 0 Å². The number of hydrogen-bond donors (Lipinski definition) is 2. The summed E-state index contributed by atoms with van der Waals surface area (Å²) in [5, 5.41) is 5.27. The minimum Gasteiger partial charge on any atom is -0.357 e. The molecule has 0 fully saturated rings. The van der Waals surface area contributed by atoms with Crippen LogP contribution in [0, 0.1) is 0 Å². The molecule has 0 aliphatic heterocycles. The van der Waals surface area contributed by atoms with Gasteiger partial charge in [-0.1, -0.05) is 32.0 Å². The fraction of sp³-hybridized carbons (Fsp3) is 0.381. The number of benzene rings is 1. The summed E-state index contributed by atoms with van der Waals surface area (Å²) in [5.74, 6) is -0.0956. The van der Waals surface area contributed by atoms with Crippen LogP contribution in [-0.4, -0.2) is 29.9 Å². The second kappa shape index (κ2) is 9.71. The molecule has 0 bridgehead atoms. The molecule has 0 saturated carbocycles. The van der Waals surface area contributed by atoms with Crippen LogP contribution < -0.4 is 15.5 Å². The quantitative estimate of drug-likeness (QED) is 0.736. The minimum atomic E-state index is -0.677. The molecule has 0 atom stereocenters. The van der Waals surface area contributed by atoms with Crippen molar-refractivity contribution in [1.29, 1.82) is 0 Å². The van der Waals surface area contributed by atoms with Gasteiger partial charge < -0.3 is 15.5 Å². The van der Waals surface area contributed by atoms with Gasteiger partial charge in [0.2, 0.25) is 0 Å². The molecule has 0 unspecified atom stereocenters. The number of carbonyl (C=O) groups excluding carboxylic acids is 2. The highest BCUT2D eigenvalue weighted by Gasteiger charge is 2.14. The van der Waals surface area contributed by atoms with Crippen molar-refractivity contribution in [1.82, 2.24) is 10.3 Å². The van der Waals surface area contributed by atoms with Crippen molar-refractivity contribution in [3.63, 3.8) is 0 Å². The minimum absolute atomic E-state index is 0.254. The summed E-state index contributed by atoms with van der Waals surface area (Å²) in [4.78, 5) is 30.7. The smallest absolute Gasteiger partial charge is 0.313 e. The lowest BCUT2D eigenvalue weighted by Crippen LogP contribution is -2.35. The van der Waals surface area contributed by atoms with Crippen molar-refractivity contribution in [2.24, 2.45) is 0 Å². The van der Waals surface area contributed by atoms with E-state index in [0.29, 0.717) is 11.6 Å². The van der Waals surface area contributed by atoms with E-state index in [4.69, 9.17) is 0 Å². The Bertz CT molecular complexity index is 768. The summed E-state index contributed by atoms with van der Waals surface area (Å²) >= 11 is 0. The molecule has 6 heteroatoms. The van der Waals surface area contributed by atoms with Crippen molar-refractivity contribution < 1.29 is 9.59 Å². The zero-order chi connectivity index (χ0) is 19.8. The van der Waals surface area contributed by atoms with E-state index in [9.17, 15) is 9.59 Å². The zero-order valence-electron chi connectivity index (χ0n) is 16.5. The summed E-state index contributed by atoms with van der Waals surface area (Å²) in [5.41, 5.74) is 2.56. The summed E-state index contributed by atoms with van der Waals surface area (Å²) in [6.45, 7) is 10.3. The van der Waals surface area contributed by atoms with Crippen LogP contribution >= 0.6 is 0 Å². The summed E-state index contributed by atoms with van der Waals surface area (Å²) in [7, 11) is 0. The van der Waals surface area contributed by atoms with Gasteiger partial charge in [0.15, 0.2) is 0 Å². The first kappa shape index (κ1) is 20.4. The fourth-order valence-electron chi connectivity index (χ4n) is 2.68. The number of anilines is 2. The van der Waals surface area contributed by atoms with Gasteiger partial charge in [-0.15, -0.1) is 0 Å². The second-order valence-electron chi connectivity index (χ2n) is 6.61. The first-order chi connectivity index (χ1) is 12.9. The average molecular weight is 368 g/mol. The lowest BCUT2D eigenvalue weighted by atomic mass is 10.0. The first-order valence-electron chi connectivity index (χ1n) is 9.33. The molecule has 0 aliphatic rings. The molecule has 27 heavy (non-hydrogen) atoms. The monoisotopic (exact) mass is 368 g/mol. The van der Waals surface area contributed by atoms with Crippen LogP contribution in [0.5, 0.6) is 0 Å². The summed E-state index contributed by atoms with van der Waals surface area (Å²) in [6, 6.07) is 11.3. The Hall–Kier alpha value is -2.89. The Morgan fingerprint density at radius 1 is 1.07 bits per heavy atom. The highest BCUT2D eigenvalue weighted by atomic mass is 16.2. The molecule has 1 aromatic carbocycles. The fourth-order valence-corrected chi connectivity index (χ4v) is 2.68. The molecule has 0 aliphatic carbocycles. The number of hydrogen-bond acceptors (Lipinski definition) is 4. The number of pyridine rings is 1. The number of amides is 2. The van der Waals surface area contributed by atoms with Crippen LogP contribution in [0.2, 0.25) is 0 Å². The van der Waals surface area contributed by atoms with Gasteiger partial charge >= 0.3 is 11.8 Å². The standard InChI is InChI=1S/C21H28N4O2/c1-5-25(6-2)19-11-10-16(13-22-19)14-23-20(26)21(27)24-18-9-7-8-17(12-18)15(3)4/h7-13,15H,5-6,14H2,1-4H3,(H,23,26)(H,24,27). The van der Waals surface area contributed by atoms with Crippen molar-refractivity contribution in [3.05, 3.63) is 53.7 Å². The van der Waals surface area contributed by atoms with Crippen LogP contribution in [-0.2, 0) is 16.1 Å². The van der Waals surface area contributed by atoms with E-state index in [0.717, 1.165) is 30.0 Å². The lowest BCUT2D eigenvalue weighted by molar-refractivity contribution is -0.136. The van der Waals surface area contributed by atoms with Crippen LogP contribution in [0.15, 0.2) is 42.6 Å². The molecule has 144 valence electrons. The third-order valence-corrected chi connectivity index (χ3v) is 4.37. The summed E-state index contributed by atoms with van der Waals surface area (Å²) < 4.78 is 0. The first-order valence-corrected chi connectivity index (χ1v) is 9.33. The highest BCUT2D eigenvalue weighted by Crippen LogP contribution is 2.18. The van der Waals surface area contributed by atoms with Gasteiger partial charge in [-0.3, -0.25) is 9.59 Å². The van der Waals surface area contributed by atoms with Gasteiger partial charge in [0, 0.05) is 31.5 Å². The topological polar surface area (TPSA) is 74.3 Å². The third kappa shape index (κ3) is 5.81. The van der Waals surface area contributed by atoms with E-state index >= 15 is 0 Å². The molecular weight excluding hydrogens is 340 g/mol. The predicted octanol–water partition coefficient (Wildman–Crippen LogP) is 3.31. The molecule has 2 amide bonds. The van der Waals surface area contributed by atoms with Crippen LogP contribution in [0.3, 0.4) is 0 Å². The lowest BCUT2D eigenvalue weighted by Gasteiger charge is -2.19. The van der Waals surface area contributed by atoms with Gasteiger partial charge in [0.05, 0.1) is 0 Å². The average Bonchev–Trinajstić information content (AvgIpc) is 2.68. The van der Waals surface area contributed by atoms with Crippen LogP contribution in [0.4, 0.5) is 11.5 Å². The molecule has 1 aromatic heterocycles. The molecule has 1 heterocycles. The van der Waals surface area contributed by atoms with Crippen molar-refractivity contribution >= 4 is 23.3 Å². The molecule has 2 aromatic rings. The highest BCUT2D eigenvalue weighted by molar-refractivity contribution is 6.39. The second-order valence-corrected chi connectivity index (χ2v) is 6.61. The van der Waals surface area contributed by atoms with Crippen LogP contribution in [0.25, 0.3) is 0 Å². The molecule has 0 spiro atoms. The molecule has 6 nitrogen and oxygen atoms in total. The van der Waals surface area contributed by atoms with Gasteiger partial charge in [-0.05, 0) is 49.1 Å². The normalized spacial score (nSPS) is 10.6. The Morgan fingerprint density at radius 3 is 2.41 bits per heavy atom. The largest absolute Gasteiger partial charge is 0.357 e. The van der Waals surface area contributed by atoms with Gasteiger partial charge in [-0.25, -0.2) is 4.98 Å². The Kier molecular flexibility index (Phi) is 7.34. The molecule has 2 rings (SSSR count). The number of carbonyl (C=O) groups is 2. The number of nitrogens with zero attached hydrogens (tertiary/aromatic N) is 2. The number of nitrogens with one attached hydrogen (secondary N) is 2. The van der Waals surface area contributed by atoms with Crippen molar-refractivity contribution in [3.8, 4) is 0 Å². The van der Waals surface area contributed by atoms with Gasteiger partial charge in [0.25, 0.3) is 0 Å². The SMILES string of the molecule is CCN(CC)c1ccc(CNC(=O)C(=O)Nc2cccc(C(C)C)c2)cn1. The third-order valence-electron chi connectivity index (χ3n) is 4.37. The Balaban J connectivity index is 1.89. The molecule has 0 radical (unpaired) electrons. The van der Waals surface area contributed by atoms with Crippen LogP contribution in [0.1, 0.15) is 44.7 Å².